The molecule has 4 nitrogen and oxygen atoms in total. The molecule has 1 aromatic carbocycles. The first-order valence-electron chi connectivity index (χ1n) is 5.47. The number of hydrogen-bond acceptors (Lipinski definition) is 4. The van der Waals surface area contributed by atoms with E-state index in [0.29, 0.717) is 16.7 Å². The van der Waals surface area contributed by atoms with E-state index >= 15 is 0 Å². The summed E-state index contributed by atoms with van der Waals surface area (Å²) in [6.07, 6.45) is 2.58. The average molecular weight is 298 g/mol. The number of aryl methyl sites for hydroxylation is 1. The van der Waals surface area contributed by atoms with Crippen LogP contribution < -0.4 is 4.74 Å². The van der Waals surface area contributed by atoms with Gasteiger partial charge in [-0.2, -0.15) is 0 Å². The largest absolute Gasteiger partial charge is 0.437 e. The molecule has 1 heterocycles. The number of sulfone groups is 1. The standard InChI is InChI=1S/C13H12ClNO3S/c1-9-4-3-5-11(19(2,16)17)13(9)18-12-7-6-10(14)8-15-12/h3-8H,1-2H3. The smallest absolute Gasteiger partial charge is 0.219 e. The lowest BCUT2D eigenvalue weighted by molar-refractivity contribution is 0.446. The second kappa shape index (κ2) is 5.19. The van der Waals surface area contributed by atoms with Gasteiger partial charge in [0.15, 0.2) is 15.6 Å². The molecule has 2 aromatic rings. The third-order valence-electron chi connectivity index (χ3n) is 2.48. The quantitative estimate of drug-likeness (QED) is 0.872. The van der Waals surface area contributed by atoms with Crippen molar-refractivity contribution in [3.8, 4) is 11.6 Å². The molecule has 0 fully saturated rings. The van der Waals surface area contributed by atoms with Gasteiger partial charge in [0.05, 0.1) is 5.02 Å². The fourth-order valence-corrected chi connectivity index (χ4v) is 2.55. The highest BCUT2D eigenvalue weighted by Gasteiger charge is 2.17. The third-order valence-corrected chi connectivity index (χ3v) is 3.83. The van der Waals surface area contributed by atoms with Gasteiger partial charge in [-0.25, -0.2) is 13.4 Å². The number of nitrogens with zero attached hydrogens (tertiary/aromatic N) is 1. The van der Waals surface area contributed by atoms with Crippen LogP contribution >= 0.6 is 11.6 Å². The highest BCUT2D eigenvalue weighted by atomic mass is 35.5. The van der Waals surface area contributed by atoms with Crippen LogP contribution in [0, 0.1) is 6.92 Å². The average Bonchev–Trinajstić information content (AvgIpc) is 2.33. The Morgan fingerprint density at radius 2 is 1.95 bits per heavy atom. The van der Waals surface area contributed by atoms with Crippen molar-refractivity contribution in [2.75, 3.05) is 6.26 Å². The zero-order valence-electron chi connectivity index (χ0n) is 10.4. The van der Waals surface area contributed by atoms with Gasteiger partial charge in [-0.15, -0.1) is 0 Å². The van der Waals surface area contributed by atoms with Gasteiger partial charge in [0, 0.05) is 18.5 Å². The molecule has 0 saturated heterocycles. The Bertz CT molecular complexity index is 696. The first-order valence-corrected chi connectivity index (χ1v) is 7.74. The van der Waals surface area contributed by atoms with Crippen molar-refractivity contribution >= 4 is 21.4 Å². The van der Waals surface area contributed by atoms with Crippen LogP contribution in [-0.2, 0) is 9.84 Å². The number of halogens is 1. The Balaban J connectivity index is 2.48. The normalized spacial score (nSPS) is 11.3. The monoisotopic (exact) mass is 297 g/mol. The zero-order valence-corrected chi connectivity index (χ0v) is 12.0. The van der Waals surface area contributed by atoms with Crippen LogP contribution in [0.25, 0.3) is 0 Å². The van der Waals surface area contributed by atoms with Crippen molar-refractivity contribution in [3.63, 3.8) is 0 Å². The molecule has 19 heavy (non-hydrogen) atoms. The van der Waals surface area contributed by atoms with Gasteiger partial charge in [-0.1, -0.05) is 23.7 Å². The summed E-state index contributed by atoms with van der Waals surface area (Å²) >= 11 is 5.74. The van der Waals surface area contributed by atoms with Crippen LogP contribution in [0.3, 0.4) is 0 Å². The summed E-state index contributed by atoms with van der Waals surface area (Å²) in [7, 11) is -3.36. The van der Waals surface area contributed by atoms with Gasteiger partial charge in [0.25, 0.3) is 0 Å². The van der Waals surface area contributed by atoms with E-state index in [1.807, 2.05) is 0 Å². The van der Waals surface area contributed by atoms with Crippen molar-refractivity contribution < 1.29 is 13.2 Å². The lowest BCUT2D eigenvalue weighted by Gasteiger charge is -2.11. The lowest BCUT2D eigenvalue weighted by Crippen LogP contribution is -2.02. The Morgan fingerprint density at radius 3 is 2.53 bits per heavy atom. The number of rotatable bonds is 3. The van der Waals surface area contributed by atoms with Gasteiger partial charge in [0.2, 0.25) is 5.88 Å². The van der Waals surface area contributed by atoms with Gasteiger partial charge < -0.3 is 4.74 Å². The summed E-state index contributed by atoms with van der Waals surface area (Å²) in [6.45, 7) is 1.78. The molecule has 0 aliphatic carbocycles. The molecule has 0 radical (unpaired) electrons. The summed E-state index contributed by atoms with van der Waals surface area (Å²) in [5.74, 6) is 0.587. The Morgan fingerprint density at radius 1 is 1.21 bits per heavy atom. The van der Waals surface area contributed by atoms with Crippen LogP contribution in [0.1, 0.15) is 5.56 Å². The Hall–Kier alpha value is -1.59. The first kappa shape index (κ1) is 13.8. The molecule has 2 rings (SSSR count). The summed E-state index contributed by atoms with van der Waals surface area (Å²) in [5, 5.41) is 0.487. The second-order valence-corrected chi connectivity index (χ2v) is 6.51. The fraction of sp³-hybridized carbons (Fsp3) is 0.154. The molecule has 0 saturated carbocycles. The maximum atomic E-state index is 11.7. The molecule has 0 amide bonds. The minimum atomic E-state index is -3.36. The molecule has 0 aliphatic heterocycles. The van der Waals surface area contributed by atoms with E-state index in [-0.39, 0.29) is 4.90 Å². The van der Waals surface area contributed by atoms with E-state index in [4.69, 9.17) is 16.3 Å². The number of aromatic nitrogens is 1. The molecule has 1 aromatic heterocycles. The van der Waals surface area contributed by atoms with E-state index in [9.17, 15) is 8.42 Å². The zero-order chi connectivity index (χ0) is 14.0. The fourth-order valence-electron chi connectivity index (χ4n) is 1.58. The van der Waals surface area contributed by atoms with Gasteiger partial charge in [-0.05, 0) is 24.6 Å². The minimum absolute atomic E-state index is 0.143. The van der Waals surface area contributed by atoms with E-state index in [0.717, 1.165) is 11.8 Å². The lowest BCUT2D eigenvalue weighted by atomic mass is 10.2. The van der Waals surface area contributed by atoms with E-state index in [1.165, 1.54) is 12.3 Å². The molecule has 0 N–H and O–H groups in total. The van der Waals surface area contributed by atoms with Gasteiger partial charge in [0.1, 0.15) is 4.90 Å². The highest BCUT2D eigenvalue weighted by Crippen LogP contribution is 2.31. The molecule has 0 spiro atoms. The van der Waals surface area contributed by atoms with Crippen molar-refractivity contribution in [2.24, 2.45) is 0 Å². The number of pyridine rings is 1. The number of para-hydroxylation sites is 1. The number of benzene rings is 1. The number of ether oxygens (including phenoxy) is 1. The predicted molar refractivity (Wildman–Crippen MR) is 73.6 cm³/mol. The SMILES string of the molecule is Cc1cccc(S(C)(=O)=O)c1Oc1ccc(Cl)cn1. The highest BCUT2D eigenvalue weighted by molar-refractivity contribution is 7.90. The van der Waals surface area contributed by atoms with Crippen LogP contribution in [0.4, 0.5) is 0 Å². The van der Waals surface area contributed by atoms with E-state index in [2.05, 4.69) is 4.98 Å². The molecule has 0 bridgehead atoms. The molecular formula is C13H12ClNO3S. The van der Waals surface area contributed by atoms with Crippen LogP contribution in [0.2, 0.25) is 5.02 Å². The van der Waals surface area contributed by atoms with Crippen LogP contribution in [0.15, 0.2) is 41.4 Å². The summed E-state index contributed by atoms with van der Waals surface area (Å²) in [5.41, 5.74) is 0.722. The topological polar surface area (TPSA) is 56.3 Å². The van der Waals surface area contributed by atoms with Crippen molar-refractivity contribution in [1.29, 1.82) is 0 Å². The molecule has 100 valence electrons. The maximum Gasteiger partial charge on any atom is 0.219 e. The predicted octanol–water partition coefficient (Wildman–Crippen LogP) is 3.24. The molecular weight excluding hydrogens is 286 g/mol. The van der Waals surface area contributed by atoms with E-state index in [1.54, 1.807) is 31.2 Å². The minimum Gasteiger partial charge on any atom is -0.437 e. The van der Waals surface area contributed by atoms with E-state index < -0.39 is 9.84 Å². The molecule has 0 atom stereocenters. The van der Waals surface area contributed by atoms with Crippen molar-refractivity contribution in [1.82, 2.24) is 4.98 Å². The third kappa shape index (κ3) is 3.24. The summed E-state index contributed by atoms with van der Waals surface area (Å²) in [6, 6.07) is 8.17. The Kier molecular flexibility index (Phi) is 3.78. The summed E-state index contributed by atoms with van der Waals surface area (Å²) < 4.78 is 29.0. The molecule has 0 unspecified atom stereocenters. The maximum absolute atomic E-state index is 11.7. The molecule has 6 heteroatoms. The Labute approximate surface area is 116 Å². The first-order chi connectivity index (χ1) is 8.88. The van der Waals surface area contributed by atoms with Crippen molar-refractivity contribution in [2.45, 2.75) is 11.8 Å². The van der Waals surface area contributed by atoms with Crippen molar-refractivity contribution in [3.05, 3.63) is 47.1 Å². The summed E-state index contributed by atoms with van der Waals surface area (Å²) in [4.78, 5) is 4.13. The number of hydrogen-bond donors (Lipinski definition) is 0. The van der Waals surface area contributed by atoms with Gasteiger partial charge >= 0.3 is 0 Å². The van der Waals surface area contributed by atoms with Crippen LogP contribution in [-0.4, -0.2) is 19.7 Å². The molecule has 0 aliphatic rings. The van der Waals surface area contributed by atoms with Crippen LogP contribution in [0.5, 0.6) is 11.6 Å². The second-order valence-electron chi connectivity index (χ2n) is 4.09. The van der Waals surface area contributed by atoms with Gasteiger partial charge in [-0.3, -0.25) is 0 Å².